The summed E-state index contributed by atoms with van der Waals surface area (Å²) in [6, 6.07) is 0. The van der Waals surface area contributed by atoms with Crippen molar-refractivity contribution in [3.63, 3.8) is 0 Å². The third kappa shape index (κ3) is 6.55. The first-order valence-corrected chi connectivity index (χ1v) is 18.1. The Morgan fingerprint density at radius 3 is 2.03 bits per heavy atom. The highest BCUT2D eigenvalue weighted by molar-refractivity contribution is 6.74. The average molecular weight is 487 g/mol. The average Bonchev–Trinajstić information content (AvgIpc) is 3.48. The van der Waals surface area contributed by atoms with Crippen LogP contribution in [-0.2, 0) is 18.3 Å². The molecule has 0 amide bonds. The van der Waals surface area contributed by atoms with Crippen LogP contribution in [0.3, 0.4) is 0 Å². The predicted octanol–water partition coefficient (Wildman–Crippen LogP) is 6.04. The van der Waals surface area contributed by atoms with Crippen molar-refractivity contribution in [3.8, 4) is 0 Å². The summed E-state index contributed by atoms with van der Waals surface area (Å²) in [5.41, 5.74) is -0.267. The Morgan fingerprint density at radius 1 is 1.03 bits per heavy atom. The molecule has 2 fully saturated rings. The summed E-state index contributed by atoms with van der Waals surface area (Å²) >= 11 is 0. The van der Waals surface area contributed by atoms with Gasteiger partial charge in [-0.2, -0.15) is 0 Å². The van der Waals surface area contributed by atoms with Gasteiger partial charge in [-0.3, -0.25) is 0 Å². The molecule has 0 radical (unpaired) electrons. The predicted molar refractivity (Wildman–Crippen MR) is 137 cm³/mol. The zero-order chi connectivity index (χ0) is 24.8. The summed E-state index contributed by atoms with van der Waals surface area (Å²) in [5.74, 6) is 0. The summed E-state index contributed by atoms with van der Waals surface area (Å²) in [4.78, 5) is 0. The van der Waals surface area contributed by atoms with Gasteiger partial charge in [-0.25, -0.2) is 0 Å². The minimum absolute atomic E-state index is 0.000505. The molecule has 0 aromatic rings. The molecule has 1 N–H and O–H groups in total. The SMILES string of the molecule is C=CC[C@H](O[Si](C)(C)C(C)(C)C)[C@H]1O[C@H]1[C@H]1O[C@]1(C)C[C@@H](CCO)O[Si](C)(C)C(C)(C)C. The van der Waals surface area contributed by atoms with E-state index in [1.165, 1.54) is 0 Å². The molecule has 2 aliphatic heterocycles. The highest BCUT2D eigenvalue weighted by Gasteiger charge is 2.66. The van der Waals surface area contributed by atoms with E-state index in [9.17, 15) is 5.11 Å². The monoisotopic (exact) mass is 486 g/mol. The summed E-state index contributed by atoms with van der Waals surface area (Å²) in [6.07, 6.45) is 4.37. The molecule has 0 unspecified atom stereocenters. The van der Waals surface area contributed by atoms with Gasteiger partial charge in [-0.05, 0) is 56.0 Å². The third-order valence-corrected chi connectivity index (χ3v) is 17.2. The van der Waals surface area contributed by atoms with E-state index in [4.69, 9.17) is 18.3 Å². The van der Waals surface area contributed by atoms with Crippen LogP contribution >= 0.6 is 0 Å². The van der Waals surface area contributed by atoms with Gasteiger partial charge in [0.25, 0.3) is 0 Å². The van der Waals surface area contributed by atoms with Crippen molar-refractivity contribution in [2.45, 2.75) is 140 Å². The minimum Gasteiger partial charge on any atom is -0.414 e. The molecule has 6 atom stereocenters. The second-order valence-corrected chi connectivity index (χ2v) is 22.6. The van der Waals surface area contributed by atoms with Crippen LogP contribution in [0.4, 0.5) is 0 Å². The van der Waals surface area contributed by atoms with Gasteiger partial charge in [0.05, 0.1) is 17.8 Å². The molecule has 7 heteroatoms. The second-order valence-electron chi connectivity index (χ2n) is 13.1. The molecule has 32 heavy (non-hydrogen) atoms. The van der Waals surface area contributed by atoms with E-state index >= 15 is 0 Å². The fourth-order valence-electron chi connectivity index (χ4n) is 3.87. The number of rotatable bonds is 12. The number of hydrogen-bond donors (Lipinski definition) is 1. The summed E-state index contributed by atoms with van der Waals surface area (Å²) < 4.78 is 25.7. The van der Waals surface area contributed by atoms with Crippen molar-refractivity contribution in [2.24, 2.45) is 0 Å². The van der Waals surface area contributed by atoms with Crippen molar-refractivity contribution in [3.05, 3.63) is 12.7 Å². The van der Waals surface area contributed by atoms with Crippen LogP contribution in [0.5, 0.6) is 0 Å². The number of aliphatic hydroxyl groups excluding tert-OH is 1. The van der Waals surface area contributed by atoms with Gasteiger partial charge < -0.3 is 23.4 Å². The Morgan fingerprint density at radius 2 is 1.56 bits per heavy atom. The maximum atomic E-state index is 9.64. The van der Waals surface area contributed by atoms with E-state index in [1.807, 2.05) is 6.08 Å². The highest BCUT2D eigenvalue weighted by atomic mass is 28.4. The van der Waals surface area contributed by atoms with Gasteiger partial charge in [0.1, 0.15) is 18.3 Å². The minimum atomic E-state index is -1.92. The van der Waals surface area contributed by atoms with Crippen LogP contribution in [0.25, 0.3) is 0 Å². The van der Waals surface area contributed by atoms with Crippen LogP contribution in [-0.4, -0.2) is 64.5 Å². The molecule has 0 bridgehead atoms. The maximum absolute atomic E-state index is 9.64. The number of ether oxygens (including phenoxy) is 2. The van der Waals surface area contributed by atoms with Gasteiger partial charge in [0.15, 0.2) is 16.6 Å². The van der Waals surface area contributed by atoms with E-state index in [1.54, 1.807) is 0 Å². The smallest absolute Gasteiger partial charge is 0.192 e. The van der Waals surface area contributed by atoms with E-state index in [0.717, 1.165) is 12.8 Å². The Hall–Kier alpha value is -0.0262. The van der Waals surface area contributed by atoms with Crippen molar-refractivity contribution in [1.82, 2.24) is 0 Å². The van der Waals surface area contributed by atoms with Crippen molar-refractivity contribution in [1.29, 1.82) is 0 Å². The number of epoxide rings is 2. The summed E-state index contributed by atoms with van der Waals surface area (Å²) in [7, 11) is -3.82. The lowest BCUT2D eigenvalue weighted by Gasteiger charge is -2.39. The van der Waals surface area contributed by atoms with Gasteiger partial charge in [0, 0.05) is 13.0 Å². The lowest BCUT2D eigenvalue weighted by Crippen LogP contribution is -2.46. The summed E-state index contributed by atoms with van der Waals surface area (Å²) in [5, 5.41) is 9.92. The van der Waals surface area contributed by atoms with Gasteiger partial charge in [-0.15, -0.1) is 6.58 Å². The molecular weight excluding hydrogens is 436 g/mol. The first kappa shape index (κ1) is 28.2. The topological polar surface area (TPSA) is 63.8 Å². The molecule has 2 heterocycles. The molecule has 188 valence electrons. The van der Waals surface area contributed by atoms with Crippen LogP contribution in [0.1, 0.15) is 67.7 Å². The molecule has 0 aliphatic carbocycles. The number of aliphatic hydroxyl groups is 1. The zero-order valence-electron chi connectivity index (χ0n) is 22.6. The van der Waals surface area contributed by atoms with Crippen LogP contribution < -0.4 is 0 Å². The molecule has 5 nitrogen and oxygen atoms in total. The van der Waals surface area contributed by atoms with Crippen LogP contribution in [0, 0.1) is 0 Å². The van der Waals surface area contributed by atoms with E-state index in [2.05, 4.69) is 81.2 Å². The molecular formula is C25H50O5Si2. The molecule has 0 aromatic heterocycles. The Kier molecular flexibility index (Phi) is 8.42. The largest absolute Gasteiger partial charge is 0.414 e. The normalized spacial score (nSPS) is 30.7. The maximum Gasteiger partial charge on any atom is 0.192 e. The molecule has 2 rings (SSSR count). The van der Waals surface area contributed by atoms with Crippen molar-refractivity contribution < 1.29 is 23.4 Å². The zero-order valence-corrected chi connectivity index (χ0v) is 24.6. The fourth-order valence-corrected chi connectivity index (χ4v) is 6.60. The van der Waals surface area contributed by atoms with Gasteiger partial charge >= 0.3 is 0 Å². The first-order valence-electron chi connectivity index (χ1n) is 12.3. The van der Waals surface area contributed by atoms with E-state index < -0.39 is 16.6 Å². The molecule has 0 saturated carbocycles. The molecule has 0 spiro atoms. The van der Waals surface area contributed by atoms with Crippen LogP contribution in [0.2, 0.25) is 36.3 Å². The van der Waals surface area contributed by atoms with Crippen LogP contribution in [0.15, 0.2) is 12.7 Å². The van der Waals surface area contributed by atoms with E-state index in [0.29, 0.717) is 6.42 Å². The fraction of sp³-hybridized carbons (Fsp3) is 0.920. The number of hydrogen-bond acceptors (Lipinski definition) is 5. The second kappa shape index (κ2) is 9.55. The van der Waals surface area contributed by atoms with Gasteiger partial charge in [-0.1, -0.05) is 47.6 Å². The van der Waals surface area contributed by atoms with Gasteiger partial charge in [0.2, 0.25) is 0 Å². The molecule has 2 saturated heterocycles. The Bertz CT molecular complexity index is 652. The Balaban J connectivity index is 2.01. The molecule has 2 aliphatic rings. The lowest BCUT2D eigenvalue weighted by atomic mass is 9.95. The van der Waals surface area contributed by atoms with Crippen molar-refractivity contribution in [2.75, 3.05) is 6.61 Å². The Labute approximate surface area is 199 Å². The highest BCUT2D eigenvalue weighted by Crippen LogP contribution is 2.52. The molecule has 0 aromatic carbocycles. The third-order valence-electron chi connectivity index (χ3n) is 8.17. The van der Waals surface area contributed by atoms with Crippen molar-refractivity contribution >= 4 is 16.6 Å². The summed E-state index contributed by atoms with van der Waals surface area (Å²) in [6.45, 7) is 28.9. The first-order chi connectivity index (χ1) is 14.4. The quantitative estimate of drug-likeness (QED) is 0.207. The lowest BCUT2D eigenvalue weighted by molar-refractivity contribution is 0.107. The standard InChI is InChI=1S/C25H50O5Si2/c1-13-14-19(30-32(11,12)24(5,6)7)20-21(27-20)22-25(8,28-22)17-18(15-16-26)29-31(9,10)23(2,3)4/h13,18-22,26H,1,14-17H2,2-12H3/t18-,19+,20-,21-,22-,25-/m1/s1. The van der Waals surface area contributed by atoms with E-state index in [-0.39, 0.29) is 52.8 Å².